The second-order valence-corrected chi connectivity index (χ2v) is 10.9. The number of methoxy groups -OCH3 is 1. The Morgan fingerprint density at radius 2 is 1.92 bits per heavy atom. The van der Waals surface area contributed by atoms with E-state index in [1.807, 2.05) is 7.11 Å². The molecule has 0 aromatic carbocycles. The lowest BCUT2D eigenvalue weighted by molar-refractivity contribution is -0.171. The molecule has 2 heteroatoms. The lowest BCUT2D eigenvalue weighted by Gasteiger charge is -2.62. The van der Waals surface area contributed by atoms with Crippen LogP contribution in [-0.4, -0.2) is 24.4 Å². The first-order chi connectivity index (χ1) is 11.8. The van der Waals surface area contributed by atoms with Crippen LogP contribution in [0.2, 0.25) is 0 Å². The summed E-state index contributed by atoms with van der Waals surface area (Å²) >= 11 is 0. The van der Waals surface area contributed by atoms with E-state index in [0.717, 1.165) is 55.5 Å². The number of aliphatic hydroxyl groups is 1. The topological polar surface area (TPSA) is 29.5 Å². The molecule has 5 rings (SSSR count). The number of fused-ring (bicyclic) bond motifs is 7. The van der Waals surface area contributed by atoms with Gasteiger partial charge >= 0.3 is 0 Å². The zero-order chi connectivity index (χ0) is 17.6. The molecule has 0 amide bonds. The van der Waals surface area contributed by atoms with E-state index in [0.29, 0.717) is 16.7 Å². The van der Waals surface area contributed by atoms with E-state index in [1.165, 1.54) is 32.1 Å². The van der Waals surface area contributed by atoms with Gasteiger partial charge in [-0.2, -0.15) is 0 Å². The van der Waals surface area contributed by atoms with Gasteiger partial charge in [-0.25, -0.2) is 0 Å². The highest BCUT2D eigenvalue weighted by Crippen LogP contribution is 2.75. The zero-order valence-corrected chi connectivity index (χ0v) is 16.4. The van der Waals surface area contributed by atoms with Gasteiger partial charge in [0.15, 0.2) is 0 Å². The minimum absolute atomic E-state index is 0.329. The van der Waals surface area contributed by atoms with Crippen molar-refractivity contribution >= 4 is 0 Å². The van der Waals surface area contributed by atoms with Crippen molar-refractivity contribution in [3.63, 3.8) is 0 Å². The summed E-state index contributed by atoms with van der Waals surface area (Å²) in [7, 11) is 1.89. The maximum Gasteiger partial charge on any atom is 0.0622 e. The smallest absolute Gasteiger partial charge is 0.0622 e. The van der Waals surface area contributed by atoms with Gasteiger partial charge in [0.25, 0.3) is 0 Å². The van der Waals surface area contributed by atoms with Crippen LogP contribution in [0.25, 0.3) is 0 Å². The van der Waals surface area contributed by atoms with Crippen molar-refractivity contribution < 1.29 is 9.84 Å². The quantitative estimate of drug-likeness (QED) is 0.728. The standard InChI is InChI=1S/C23H36O2/c1-14-17-11-18(17)20-16-6-5-15-12-21(2,24)9-10-23(15,13-25-4)19(16)7-8-22(14,20)3/h15-20,24H,1,5-13H2,2-4H3/t15-,16-,17?,18?,19+,20-,21-,22-,23-/m1/s1. The second kappa shape index (κ2) is 5.13. The van der Waals surface area contributed by atoms with E-state index in [9.17, 15) is 5.11 Å². The monoisotopic (exact) mass is 344 g/mol. The third-order valence-corrected chi connectivity index (χ3v) is 9.80. The van der Waals surface area contributed by atoms with Crippen LogP contribution < -0.4 is 0 Å². The van der Waals surface area contributed by atoms with Crippen molar-refractivity contribution in [2.75, 3.05) is 13.7 Å². The number of allylic oxidation sites excluding steroid dienone is 1. The first kappa shape index (κ1) is 16.8. The van der Waals surface area contributed by atoms with E-state index in [1.54, 1.807) is 5.57 Å². The molecule has 0 radical (unpaired) electrons. The number of hydrogen-bond acceptors (Lipinski definition) is 2. The molecule has 2 unspecified atom stereocenters. The zero-order valence-electron chi connectivity index (χ0n) is 16.4. The van der Waals surface area contributed by atoms with Crippen molar-refractivity contribution in [3.05, 3.63) is 12.2 Å². The molecule has 0 aliphatic heterocycles. The summed E-state index contributed by atoms with van der Waals surface area (Å²) in [5.41, 5.74) is 1.91. The van der Waals surface area contributed by atoms with Crippen LogP contribution in [0.4, 0.5) is 0 Å². The van der Waals surface area contributed by atoms with E-state index in [-0.39, 0.29) is 0 Å². The average molecular weight is 345 g/mol. The molecule has 0 aromatic rings. The summed E-state index contributed by atoms with van der Waals surface area (Å²) in [6.45, 7) is 10.1. The van der Waals surface area contributed by atoms with Crippen molar-refractivity contribution in [2.45, 2.75) is 70.8 Å². The van der Waals surface area contributed by atoms with Gasteiger partial charge in [-0.1, -0.05) is 19.1 Å². The lowest BCUT2D eigenvalue weighted by Crippen LogP contribution is -2.58. The van der Waals surface area contributed by atoms with Crippen LogP contribution in [0.5, 0.6) is 0 Å². The van der Waals surface area contributed by atoms with Crippen molar-refractivity contribution in [1.29, 1.82) is 0 Å². The molecule has 0 heterocycles. The molecule has 5 aliphatic carbocycles. The predicted octanol–water partition coefficient (Wildman–Crippen LogP) is 4.82. The molecule has 0 aromatic heterocycles. The molecule has 140 valence electrons. The molecule has 25 heavy (non-hydrogen) atoms. The number of hydrogen-bond donors (Lipinski definition) is 1. The molecule has 5 fully saturated rings. The predicted molar refractivity (Wildman–Crippen MR) is 100 cm³/mol. The minimum Gasteiger partial charge on any atom is -0.390 e. The molecule has 5 saturated carbocycles. The third-order valence-electron chi connectivity index (χ3n) is 9.80. The molecule has 0 bridgehead atoms. The van der Waals surface area contributed by atoms with Crippen LogP contribution in [0.1, 0.15) is 65.2 Å². The van der Waals surface area contributed by atoms with E-state index >= 15 is 0 Å². The molecule has 0 saturated heterocycles. The molecule has 9 atom stereocenters. The van der Waals surface area contributed by atoms with Crippen LogP contribution in [-0.2, 0) is 4.74 Å². The van der Waals surface area contributed by atoms with Crippen molar-refractivity contribution in [1.82, 2.24) is 0 Å². The Labute approximate surface area is 153 Å². The fourth-order valence-electron chi connectivity index (χ4n) is 8.63. The number of rotatable bonds is 2. The van der Waals surface area contributed by atoms with Gasteiger partial charge in [0.2, 0.25) is 0 Å². The molecule has 2 nitrogen and oxygen atoms in total. The fraction of sp³-hybridized carbons (Fsp3) is 0.913. The first-order valence-electron chi connectivity index (χ1n) is 10.7. The lowest BCUT2D eigenvalue weighted by atomic mass is 9.43. The van der Waals surface area contributed by atoms with Crippen LogP contribution in [0, 0.1) is 46.3 Å². The summed E-state index contributed by atoms with van der Waals surface area (Å²) in [6, 6.07) is 0. The highest BCUT2D eigenvalue weighted by molar-refractivity contribution is 5.33. The molecule has 1 N–H and O–H groups in total. The van der Waals surface area contributed by atoms with E-state index < -0.39 is 5.60 Å². The van der Waals surface area contributed by atoms with Gasteiger partial charge in [-0.05, 0) is 105 Å². The molecular formula is C23H36O2. The summed E-state index contributed by atoms with van der Waals surface area (Å²) in [5, 5.41) is 10.7. The van der Waals surface area contributed by atoms with Gasteiger partial charge in [0.05, 0.1) is 12.2 Å². The largest absolute Gasteiger partial charge is 0.390 e. The molecule has 5 aliphatic rings. The van der Waals surface area contributed by atoms with Gasteiger partial charge in [0.1, 0.15) is 0 Å². The normalized spacial score (nSPS) is 59.6. The highest BCUT2D eigenvalue weighted by Gasteiger charge is 2.68. The summed E-state index contributed by atoms with van der Waals surface area (Å²) in [4.78, 5) is 0. The maximum absolute atomic E-state index is 10.7. The van der Waals surface area contributed by atoms with Gasteiger partial charge < -0.3 is 9.84 Å². The van der Waals surface area contributed by atoms with Crippen molar-refractivity contribution in [3.8, 4) is 0 Å². The van der Waals surface area contributed by atoms with Crippen LogP contribution in [0.3, 0.4) is 0 Å². The van der Waals surface area contributed by atoms with Gasteiger partial charge in [0, 0.05) is 7.11 Å². The van der Waals surface area contributed by atoms with E-state index in [4.69, 9.17) is 4.74 Å². The Hall–Kier alpha value is -0.340. The van der Waals surface area contributed by atoms with Crippen molar-refractivity contribution in [2.24, 2.45) is 46.3 Å². The van der Waals surface area contributed by atoms with E-state index in [2.05, 4.69) is 20.4 Å². The van der Waals surface area contributed by atoms with Crippen LogP contribution >= 0.6 is 0 Å². The van der Waals surface area contributed by atoms with Gasteiger partial charge in [-0.15, -0.1) is 0 Å². The Morgan fingerprint density at radius 3 is 2.68 bits per heavy atom. The molecular weight excluding hydrogens is 308 g/mol. The Kier molecular flexibility index (Phi) is 3.45. The fourth-order valence-corrected chi connectivity index (χ4v) is 8.63. The maximum atomic E-state index is 10.7. The Balaban J connectivity index is 1.50. The number of ether oxygens (including phenoxy) is 1. The second-order valence-electron chi connectivity index (χ2n) is 10.9. The van der Waals surface area contributed by atoms with Crippen LogP contribution in [0.15, 0.2) is 12.2 Å². The molecule has 0 spiro atoms. The third kappa shape index (κ3) is 2.10. The highest BCUT2D eigenvalue weighted by atomic mass is 16.5. The summed E-state index contributed by atoms with van der Waals surface area (Å²) < 4.78 is 5.85. The first-order valence-corrected chi connectivity index (χ1v) is 10.7. The summed E-state index contributed by atoms with van der Waals surface area (Å²) in [6.07, 6.45) is 9.93. The Bertz CT molecular complexity index is 595. The average Bonchev–Trinajstić information content (AvgIpc) is 3.30. The minimum atomic E-state index is -0.457. The SMILES string of the molecule is C=C1C2CC2[C@H]2[C@@H]3CC[C@@H]4C[C@](C)(O)CC[C@]4(COC)[C@H]3CC[C@]12C. The summed E-state index contributed by atoms with van der Waals surface area (Å²) in [5.74, 6) is 5.04. The Morgan fingerprint density at radius 1 is 1.12 bits per heavy atom. The van der Waals surface area contributed by atoms with Gasteiger partial charge in [-0.3, -0.25) is 0 Å².